The number of nitrogens with one attached hydrogen (secondary N) is 2. The molecule has 1 fully saturated rings. The number of amides is 1. The van der Waals surface area contributed by atoms with Crippen LogP contribution in [0.2, 0.25) is 0 Å². The minimum absolute atomic E-state index is 0.0988. The number of H-pyrrole nitrogens is 1. The predicted octanol–water partition coefficient (Wildman–Crippen LogP) is 3.86. The fourth-order valence-corrected chi connectivity index (χ4v) is 5.74. The molecule has 4 aromatic rings. The minimum atomic E-state index is -3.30. The van der Waals surface area contributed by atoms with E-state index in [0.717, 1.165) is 39.7 Å². The van der Waals surface area contributed by atoms with Crippen LogP contribution in [0.1, 0.15) is 16.1 Å². The molecule has 1 aliphatic heterocycles. The Kier molecular flexibility index (Phi) is 5.51. The molecule has 5 rings (SSSR count). The Hall–Kier alpha value is -3.08. The summed E-state index contributed by atoms with van der Waals surface area (Å²) in [4.78, 5) is 23.0. The standard InChI is InChI=1S/C23H21FN4O3S2/c1-33(30,31)27-19-6-7-28(12-19)23(29)21-10-17(13-32-21)16-8-15-9-20(26-22(15)25-11-16)14-2-4-18(24)5-3-14/h2-5,8-11,13,19,27H,6-7,12H2,1H3,(H,25,26). The number of fused-ring (bicyclic) bond motifs is 1. The number of rotatable bonds is 5. The third-order valence-electron chi connectivity index (χ3n) is 5.63. The Bertz CT molecular complexity index is 1440. The first-order valence-electron chi connectivity index (χ1n) is 10.4. The number of hydrogen-bond donors (Lipinski definition) is 2. The molecule has 1 aromatic carbocycles. The molecule has 1 atom stereocenters. The van der Waals surface area contributed by atoms with E-state index < -0.39 is 10.0 Å². The molecule has 10 heteroatoms. The normalized spacial score (nSPS) is 16.5. The van der Waals surface area contributed by atoms with E-state index in [9.17, 15) is 17.6 Å². The number of thiophene rings is 1. The van der Waals surface area contributed by atoms with Crippen LogP contribution in [-0.4, -0.2) is 54.6 Å². The fraction of sp³-hybridized carbons (Fsp3) is 0.217. The van der Waals surface area contributed by atoms with E-state index in [4.69, 9.17) is 0 Å². The van der Waals surface area contributed by atoms with Crippen molar-refractivity contribution in [2.24, 2.45) is 0 Å². The average Bonchev–Trinajstić information content (AvgIpc) is 3.51. The van der Waals surface area contributed by atoms with Gasteiger partial charge in [0.15, 0.2) is 0 Å². The van der Waals surface area contributed by atoms with Gasteiger partial charge < -0.3 is 9.88 Å². The molecule has 0 bridgehead atoms. The zero-order valence-electron chi connectivity index (χ0n) is 17.7. The Morgan fingerprint density at radius 3 is 2.73 bits per heavy atom. The molecular formula is C23H21FN4O3S2. The zero-order valence-corrected chi connectivity index (χ0v) is 19.3. The molecule has 1 amide bonds. The van der Waals surface area contributed by atoms with E-state index in [-0.39, 0.29) is 17.8 Å². The smallest absolute Gasteiger partial charge is 0.263 e. The van der Waals surface area contributed by atoms with Gasteiger partial charge in [-0.25, -0.2) is 22.5 Å². The van der Waals surface area contributed by atoms with Gasteiger partial charge in [0.25, 0.3) is 5.91 Å². The van der Waals surface area contributed by atoms with Gasteiger partial charge in [-0.15, -0.1) is 11.3 Å². The van der Waals surface area contributed by atoms with Crippen molar-refractivity contribution in [2.75, 3.05) is 19.3 Å². The lowest BCUT2D eigenvalue weighted by Gasteiger charge is -2.15. The van der Waals surface area contributed by atoms with Crippen molar-refractivity contribution in [2.45, 2.75) is 12.5 Å². The number of carbonyl (C=O) groups excluding carboxylic acids is 1. The Morgan fingerprint density at radius 1 is 1.18 bits per heavy atom. The average molecular weight is 485 g/mol. The zero-order chi connectivity index (χ0) is 23.2. The van der Waals surface area contributed by atoms with Crippen LogP contribution in [0.4, 0.5) is 4.39 Å². The third-order valence-corrected chi connectivity index (χ3v) is 7.30. The first-order chi connectivity index (χ1) is 15.7. The SMILES string of the molecule is CS(=O)(=O)NC1CCN(C(=O)c2cc(-c3cnc4[nH]c(-c5ccc(F)cc5)cc4c3)cs2)C1. The number of hydrogen-bond acceptors (Lipinski definition) is 5. The fourth-order valence-electron chi connectivity index (χ4n) is 4.06. The van der Waals surface area contributed by atoms with Gasteiger partial charge in [0, 0.05) is 42.0 Å². The monoisotopic (exact) mass is 484 g/mol. The topological polar surface area (TPSA) is 95.2 Å². The van der Waals surface area contributed by atoms with Gasteiger partial charge >= 0.3 is 0 Å². The van der Waals surface area contributed by atoms with Crippen LogP contribution in [0, 0.1) is 5.82 Å². The molecule has 1 saturated heterocycles. The van der Waals surface area contributed by atoms with E-state index in [1.165, 1.54) is 23.5 Å². The maximum absolute atomic E-state index is 13.2. The summed E-state index contributed by atoms with van der Waals surface area (Å²) in [5.41, 5.74) is 4.23. The maximum atomic E-state index is 13.2. The van der Waals surface area contributed by atoms with Crippen molar-refractivity contribution in [3.63, 3.8) is 0 Å². The number of halogens is 1. The van der Waals surface area contributed by atoms with Gasteiger partial charge in [0.05, 0.1) is 11.1 Å². The number of benzene rings is 1. The molecule has 1 aliphatic rings. The van der Waals surface area contributed by atoms with E-state index in [1.807, 2.05) is 23.6 Å². The molecule has 1 unspecified atom stereocenters. The van der Waals surface area contributed by atoms with Gasteiger partial charge in [-0.2, -0.15) is 0 Å². The van der Waals surface area contributed by atoms with Crippen LogP contribution in [-0.2, 0) is 10.0 Å². The van der Waals surface area contributed by atoms with Crippen LogP contribution in [0.3, 0.4) is 0 Å². The van der Waals surface area contributed by atoms with Crippen LogP contribution in [0.15, 0.2) is 54.0 Å². The quantitative estimate of drug-likeness (QED) is 0.450. The van der Waals surface area contributed by atoms with Crippen LogP contribution in [0.5, 0.6) is 0 Å². The Morgan fingerprint density at radius 2 is 1.97 bits per heavy atom. The van der Waals surface area contributed by atoms with E-state index in [2.05, 4.69) is 14.7 Å². The molecule has 170 valence electrons. The highest BCUT2D eigenvalue weighted by Gasteiger charge is 2.29. The van der Waals surface area contributed by atoms with Crippen molar-refractivity contribution < 1.29 is 17.6 Å². The lowest BCUT2D eigenvalue weighted by Crippen LogP contribution is -2.37. The highest BCUT2D eigenvalue weighted by Crippen LogP contribution is 2.30. The van der Waals surface area contributed by atoms with E-state index in [0.29, 0.717) is 24.4 Å². The van der Waals surface area contributed by atoms with Gasteiger partial charge in [0.1, 0.15) is 11.5 Å². The molecule has 0 spiro atoms. The summed E-state index contributed by atoms with van der Waals surface area (Å²) in [7, 11) is -3.30. The largest absolute Gasteiger partial charge is 0.339 e. The van der Waals surface area contributed by atoms with E-state index >= 15 is 0 Å². The van der Waals surface area contributed by atoms with Crippen molar-refractivity contribution in [3.05, 3.63) is 64.7 Å². The molecule has 3 aromatic heterocycles. The first kappa shape index (κ1) is 21.7. The molecular weight excluding hydrogens is 463 g/mol. The summed E-state index contributed by atoms with van der Waals surface area (Å²) in [5.74, 6) is -0.382. The second-order valence-electron chi connectivity index (χ2n) is 8.18. The first-order valence-corrected chi connectivity index (χ1v) is 13.1. The molecule has 0 saturated carbocycles. The minimum Gasteiger partial charge on any atom is -0.339 e. The molecule has 0 radical (unpaired) electrons. The molecule has 2 N–H and O–H groups in total. The number of aromatic amines is 1. The lowest BCUT2D eigenvalue weighted by molar-refractivity contribution is 0.0795. The Balaban J connectivity index is 1.34. The van der Waals surface area contributed by atoms with Crippen LogP contribution >= 0.6 is 11.3 Å². The van der Waals surface area contributed by atoms with Crippen molar-refractivity contribution in [1.29, 1.82) is 0 Å². The summed E-state index contributed by atoms with van der Waals surface area (Å²) in [6.07, 6.45) is 3.48. The summed E-state index contributed by atoms with van der Waals surface area (Å²) in [6.45, 7) is 0.879. The van der Waals surface area contributed by atoms with Crippen LogP contribution in [0.25, 0.3) is 33.4 Å². The Labute approximate surface area is 194 Å². The number of pyridine rings is 1. The molecule has 4 heterocycles. The summed E-state index contributed by atoms with van der Waals surface area (Å²) >= 11 is 1.36. The third kappa shape index (κ3) is 4.68. The second kappa shape index (κ2) is 8.36. The number of aromatic nitrogens is 2. The van der Waals surface area contributed by atoms with Crippen molar-refractivity contribution >= 4 is 38.3 Å². The molecule has 33 heavy (non-hydrogen) atoms. The predicted molar refractivity (Wildman–Crippen MR) is 127 cm³/mol. The van der Waals surface area contributed by atoms with Crippen LogP contribution < -0.4 is 4.72 Å². The van der Waals surface area contributed by atoms with Gasteiger partial charge in [0.2, 0.25) is 10.0 Å². The molecule has 0 aliphatic carbocycles. The molecule has 7 nitrogen and oxygen atoms in total. The lowest BCUT2D eigenvalue weighted by atomic mass is 10.1. The number of nitrogens with zero attached hydrogens (tertiary/aromatic N) is 2. The highest BCUT2D eigenvalue weighted by molar-refractivity contribution is 7.88. The van der Waals surface area contributed by atoms with Gasteiger partial charge in [-0.3, -0.25) is 4.79 Å². The van der Waals surface area contributed by atoms with Crippen molar-refractivity contribution in [3.8, 4) is 22.4 Å². The highest BCUT2D eigenvalue weighted by atomic mass is 32.2. The maximum Gasteiger partial charge on any atom is 0.263 e. The van der Waals surface area contributed by atoms with Gasteiger partial charge in [-0.05, 0) is 65.4 Å². The van der Waals surface area contributed by atoms with E-state index in [1.54, 1.807) is 23.2 Å². The number of sulfonamides is 1. The van der Waals surface area contributed by atoms with Crippen molar-refractivity contribution in [1.82, 2.24) is 19.6 Å². The summed E-state index contributed by atoms with van der Waals surface area (Å²) < 4.78 is 38.7. The second-order valence-corrected chi connectivity index (χ2v) is 10.9. The van der Waals surface area contributed by atoms with Gasteiger partial charge in [-0.1, -0.05) is 0 Å². The summed E-state index contributed by atoms with van der Waals surface area (Å²) in [6, 6.07) is 11.8. The summed E-state index contributed by atoms with van der Waals surface area (Å²) in [5, 5.41) is 2.84. The number of carbonyl (C=O) groups is 1. The number of likely N-dealkylation sites (tertiary alicyclic amines) is 1.